The zero-order chi connectivity index (χ0) is 19.5. The number of carbonyl (C=O) groups is 2. The lowest BCUT2D eigenvalue weighted by Gasteiger charge is -2.09. The molecule has 0 aliphatic heterocycles. The minimum absolute atomic E-state index is 0.0629. The number of esters is 1. The van der Waals surface area contributed by atoms with Crippen LogP contribution in [0.15, 0.2) is 42.5 Å². The summed E-state index contributed by atoms with van der Waals surface area (Å²) in [4.78, 5) is 20.9. The third-order valence-electron chi connectivity index (χ3n) is 2.77. The molecule has 1 unspecified atom stereocenters. The van der Waals surface area contributed by atoms with Crippen LogP contribution in [0.4, 0.5) is 0 Å². The van der Waals surface area contributed by atoms with Crippen molar-refractivity contribution in [3.8, 4) is 5.75 Å². The fraction of sp³-hybridized carbons (Fsp3) is 0.524. The van der Waals surface area contributed by atoms with Gasteiger partial charge in [0, 0.05) is 20.4 Å². The summed E-state index contributed by atoms with van der Waals surface area (Å²) in [5, 5.41) is 2.81. The molecule has 0 saturated carbocycles. The first-order valence-corrected chi connectivity index (χ1v) is 8.96. The SMILES string of the molecule is CC(=O)Oc1ccccc1.CC=CCCC(C)CNC(C)=O.CCC. The number of nitrogens with one attached hydrogen (secondary N) is 1. The van der Waals surface area contributed by atoms with Gasteiger partial charge in [0.2, 0.25) is 5.91 Å². The number of allylic oxidation sites excluding steroid dienone is 2. The van der Waals surface area contributed by atoms with E-state index in [2.05, 4.69) is 38.2 Å². The molecule has 1 N–H and O–H groups in total. The minimum atomic E-state index is -0.286. The van der Waals surface area contributed by atoms with E-state index >= 15 is 0 Å². The molecular formula is C21H35NO3. The predicted molar refractivity (Wildman–Crippen MR) is 106 cm³/mol. The lowest BCUT2D eigenvalue weighted by Crippen LogP contribution is -2.25. The number of hydrogen-bond acceptors (Lipinski definition) is 3. The zero-order valence-electron chi connectivity index (χ0n) is 16.7. The number of para-hydroxylation sites is 1. The van der Waals surface area contributed by atoms with Crippen molar-refractivity contribution in [3.05, 3.63) is 42.5 Å². The van der Waals surface area contributed by atoms with Crippen molar-refractivity contribution < 1.29 is 14.3 Å². The molecule has 0 fully saturated rings. The van der Waals surface area contributed by atoms with Crippen LogP contribution in [-0.2, 0) is 9.59 Å². The Morgan fingerprint density at radius 1 is 1.16 bits per heavy atom. The highest BCUT2D eigenvalue weighted by molar-refractivity contribution is 5.72. The van der Waals surface area contributed by atoms with Crippen molar-refractivity contribution in [2.24, 2.45) is 5.92 Å². The number of benzene rings is 1. The highest BCUT2D eigenvalue weighted by atomic mass is 16.5. The Kier molecular flexibility index (Phi) is 18.3. The van der Waals surface area contributed by atoms with E-state index in [-0.39, 0.29) is 11.9 Å². The van der Waals surface area contributed by atoms with Gasteiger partial charge in [0.05, 0.1) is 0 Å². The first-order chi connectivity index (χ1) is 11.9. The van der Waals surface area contributed by atoms with Crippen LogP contribution in [-0.4, -0.2) is 18.4 Å². The molecule has 1 atom stereocenters. The van der Waals surface area contributed by atoms with Crippen molar-refractivity contribution in [1.82, 2.24) is 5.32 Å². The average molecular weight is 350 g/mol. The lowest BCUT2D eigenvalue weighted by atomic mass is 10.1. The summed E-state index contributed by atoms with van der Waals surface area (Å²) in [5.74, 6) is 0.944. The van der Waals surface area contributed by atoms with Gasteiger partial charge in [-0.05, 0) is 37.8 Å². The molecule has 0 spiro atoms. The quantitative estimate of drug-likeness (QED) is 0.439. The summed E-state index contributed by atoms with van der Waals surface area (Å²) in [6.45, 7) is 12.2. The monoisotopic (exact) mass is 349 g/mol. The largest absolute Gasteiger partial charge is 0.427 e. The topological polar surface area (TPSA) is 55.4 Å². The van der Waals surface area contributed by atoms with Gasteiger partial charge in [-0.15, -0.1) is 0 Å². The Hall–Kier alpha value is -2.10. The van der Waals surface area contributed by atoms with Gasteiger partial charge in [-0.2, -0.15) is 0 Å². The molecule has 25 heavy (non-hydrogen) atoms. The maximum atomic E-state index is 10.6. The molecule has 1 amide bonds. The van der Waals surface area contributed by atoms with E-state index in [4.69, 9.17) is 4.74 Å². The van der Waals surface area contributed by atoms with Crippen molar-refractivity contribution in [2.75, 3.05) is 6.54 Å². The van der Waals surface area contributed by atoms with Gasteiger partial charge in [-0.1, -0.05) is 57.5 Å². The minimum Gasteiger partial charge on any atom is -0.427 e. The molecule has 0 heterocycles. The second-order valence-electron chi connectivity index (χ2n) is 5.80. The highest BCUT2D eigenvalue weighted by Gasteiger charge is 2.00. The van der Waals surface area contributed by atoms with Crippen molar-refractivity contribution in [1.29, 1.82) is 0 Å². The summed E-state index contributed by atoms with van der Waals surface area (Å²) in [6, 6.07) is 8.98. The van der Waals surface area contributed by atoms with Crippen molar-refractivity contribution in [3.63, 3.8) is 0 Å². The second-order valence-corrected chi connectivity index (χ2v) is 5.80. The Morgan fingerprint density at radius 3 is 2.16 bits per heavy atom. The highest BCUT2D eigenvalue weighted by Crippen LogP contribution is 2.07. The molecule has 0 aliphatic carbocycles. The first kappa shape index (κ1) is 25.1. The molecule has 0 aromatic heterocycles. The Balaban J connectivity index is 0. The van der Waals surface area contributed by atoms with Crippen LogP contribution < -0.4 is 10.1 Å². The molecule has 4 heteroatoms. The van der Waals surface area contributed by atoms with E-state index in [1.165, 1.54) is 13.3 Å². The number of amides is 1. The van der Waals surface area contributed by atoms with Gasteiger partial charge in [0.1, 0.15) is 5.75 Å². The molecule has 1 aromatic rings. The summed E-state index contributed by atoms with van der Waals surface area (Å²) in [6.07, 6.45) is 7.72. The fourth-order valence-corrected chi connectivity index (χ4v) is 1.62. The third-order valence-corrected chi connectivity index (χ3v) is 2.77. The molecule has 0 saturated heterocycles. The molecule has 4 nitrogen and oxygen atoms in total. The van der Waals surface area contributed by atoms with Crippen molar-refractivity contribution in [2.45, 2.75) is 60.8 Å². The number of hydrogen-bond donors (Lipinski definition) is 1. The number of carbonyl (C=O) groups excluding carboxylic acids is 2. The summed E-state index contributed by atoms with van der Waals surface area (Å²) in [5.41, 5.74) is 0. The number of rotatable bonds is 6. The molecule has 1 aromatic carbocycles. The van der Waals surface area contributed by atoms with Crippen molar-refractivity contribution >= 4 is 11.9 Å². The Labute approximate surface area is 153 Å². The van der Waals surface area contributed by atoms with Gasteiger partial charge < -0.3 is 10.1 Å². The third kappa shape index (κ3) is 21.9. The molecule has 0 aliphatic rings. The maximum absolute atomic E-state index is 10.6. The standard InChI is InChI=1S/C10H19NO.C8H8O2.C3H8/c1-4-5-6-7-9(2)8-11-10(3)12;1-7(9)10-8-5-3-2-4-6-8;1-3-2/h4-5,9H,6-8H2,1-3H3,(H,11,12);2-6H,1H3;3H2,1-2H3. The fourth-order valence-electron chi connectivity index (χ4n) is 1.62. The number of ether oxygens (including phenoxy) is 1. The second kappa shape index (κ2) is 18.2. The lowest BCUT2D eigenvalue weighted by molar-refractivity contribution is -0.131. The van der Waals surface area contributed by atoms with Gasteiger partial charge >= 0.3 is 5.97 Å². The van der Waals surface area contributed by atoms with Gasteiger partial charge in [0.15, 0.2) is 0 Å². The van der Waals surface area contributed by atoms with Crippen LogP contribution in [0.1, 0.15) is 60.8 Å². The van der Waals surface area contributed by atoms with E-state index < -0.39 is 0 Å². The molecule has 1 rings (SSSR count). The average Bonchev–Trinajstić information content (AvgIpc) is 2.55. The smallest absolute Gasteiger partial charge is 0.308 e. The Morgan fingerprint density at radius 2 is 1.72 bits per heavy atom. The van der Waals surface area contributed by atoms with E-state index in [1.54, 1.807) is 19.1 Å². The van der Waals surface area contributed by atoms with E-state index in [9.17, 15) is 9.59 Å². The Bertz CT molecular complexity index is 469. The summed E-state index contributed by atoms with van der Waals surface area (Å²) < 4.78 is 4.78. The molecule has 0 bridgehead atoms. The van der Waals surface area contributed by atoms with E-state index in [0.717, 1.165) is 19.4 Å². The van der Waals surface area contributed by atoms with Crippen LogP contribution in [0, 0.1) is 5.92 Å². The van der Waals surface area contributed by atoms with Crippen LogP contribution >= 0.6 is 0 Å². The molecular weight excluding hydrogens is 314 g/mol. The van der Waals surface area contributed by atoms with Crippen LogP contribution in [0.2, 0.25) is 0 Å². The van der Waals surface area contributed by atoms with E-state index in [1.807, 2.05) is 25.1 Å². The van der Waals surface area contributed by atoms with Crippen LogP contribution in [0.5, 0.6) is 5.75 Å². The van der Waals surface area contributed by atoms with Crippen LogP contribution in [0.3, 0.4) is 0 Å². The maximum Gasteiger partial charge on any atom is 0.308 e. The van der Waals surface area contributed by atoms with Gasteiger partial charge in [-0.3, -0.25) is 9.59 Å². The summed E-state index contributed by atoms with van der Waals surface area (Å²) in [7, 11) is 0. The summed E-state index contributed by atoms with van der Waals surface area (Å²) >= 11 is 0. The van der Waals surface area contributed by atoms with Crippen LogP contribution in [0.25, 0.3) is 0 Å². The van der Waals surface area contributed by atoms with Gasteiger partial charge in [-0.25, -0.2) is 0 Å². The predicted octanol–water partition coefficient (Wildman–Crippen LogP) is 5.14. The molecule has 0 radical (unpaired) electrons. The van der Waals surface area contributed by atoms with Gasteiger partial charge in [0.25, 0.3) is 0 Å². The van der Waals surface area contributed by atoms with E-state index in [0.29, 0.717) is 11.7 Å². The molecule has 142 valence electrons. The normalized spacial score (nSPS) is 10.6. The zero-order valence-corrected chi connectivity index (χ0v) is 16.7. The first-order valence-electron chi connectivity index (χ1n) is 8.96.